The molecule has 0 radical (unpaired) electrons. The van der Waals surface area contributed by atoms with E-state index in [1.54, 1.807) is 24.3 Å². The van der Waals surface area contributed by atoms with Gasteiger partial charge >= 0.3 is 0 Å². The molecule has 9 heteroatoms. The summed E-state index contributed by atoms with van der Waals surface area (Å²) in [7, 11) is -3.88. The molecule has 1 fully saturated rings. The fourth-order valence-electron chi connectivity index (χ4n) is 4.41. The van der Waals surface area contributed by atoms with Crippen LogP contribution in [0.4, 0.5) is 5.82 Å². The van der Waals surface area contributed by atoms with Gasteiger partial charge in [-0.3, -0.25) is 0 Å². The van der Waals surface area contributed by atoms with Crippen LogP contribution >= 0.6 is 0 Å². The summed E-state index contributed by atoms with van der Waals surface area (Å²) in [5, 5.41) is 0. The molecular formula is C24H28N5O3S+. The Morgan fingerprint density at radius 2 is 1.70 bits per heavy atom. The van der Waals surface area contributed by atoms with Crippen molar-refractivity contribution in [1.82, 2.24) is 14.5 Å². The van der Waals surface area contributed by atoms with Crippen LogP contribution in [-0.2, 0) is 21.1 Å². The van der Waals surface area contributed by atoms with Gasteiger partial charge in [-0.15, -0.1) is 0 Å². The van der Waals surface area contributed by atoms with Crippen molar-refractivity contribution in [3.63, 3.8) is 0 Å². The van der Waals surface area contributed by atoms with Crippen LogP contribution in [0, 0.1) is 6.92 Å². The predicted octanol–water partition coefficient (Wildman–Crippen LogP) is 1.61. The van der Waals surface area contributed by atoms with Crippen molar-refractivity contribution < 1.29 is 18.1 Å². The predicted molar refractivity (Wildman–Crippen MR) is 127 cm³/mol. The number of fused-ring (bicyclic) bond motifs is 2. The minimum absolute atomic E-state index is 0.0401. The molecule has 2 aromatic heterocycles. The minimum atomic E-state index is -3.88. The van der Waals surface area contributed by atoms with E-state index < -0.39 is 9.84 Å². The lowest BCUT2D eigenvalue weighted by atomic mass is 10.2. The zero-order valence-corrected chi connectivity index (χ0v) is 19.4. The van der Waals surface area contributed by atoms with E-state index in [2.05, 4.69) is 0 Å². The van der Waals surface area contributed by atoms with Gasteiger partial charge in [-0.2, -0.15) is 0 Å². The molecule has 3 heterocycles. The maximum absolute atomic E-state index is 13.7. The average molecular weight is 467 g/mol. The van der Waals surface area contributed by atoms with Crippen molar-refractivity contribution in [2.24, 2.45) is 0 Å². The molecule has 33 heavy (non-hydrogen) atoms. The van der Waals surface area contributed by atoms with Crippen LogP contribution in [0.3, 0.4) is 0 Å². The van der Waals surface area contributed by atoms with Crippen molar-refractivity contribution >= 4 is 37.9 Å². The summed E-state index contributed by atoms with van der Waals surface area (Å²) in [5.74, 6) is 0.192. The highest BCUT2D eigenvalue weighted by atomic mass is 32.2. The van der Waals surface area contributed by atoms with Gasteiger partial charge in [0.05, 0.1) is 35.7 Å². The third-order valence-electron chi connectivity index (χ3n) is 6.26. The second-order valence-corrected chi connectivity index (χ2v) is 10.4. The number of anilines is 1. The number of aromatic nitrogens is 3. The van der Waals surface area contributed by atoms with Gasteiger partial charge in [0, 0.05) is 13.0 Å². The number of nitrogens with two attached hydrogens (primary N) is 1. The van der Waals surface area contributed by atoms with Crippen LogP contribution in [0.25, 0.3) is 22.2 Å². The first-order chi connectivity index (χ1) is 15.9. The molecular weight excluding hydrogens is 438 g/mol. The average Bonchev–Trinajstić information content (AvgIpc) is 3.09. The third kappa shape index (κ3) is 4.07. The lowest BCUT2D eigenvalue weighted by molar-refractivity contribution is -0.908. The summed E-state index contributed by atoms with van der Waals surface area (Å²) in [4.78, 5) is 11.2. The fourth-order valence-corrected chi connectivity index (χ4v) is 5.92. The second kappa shape index (κ2) is 8.74. The van der Waals surface area contributed by atoms with Gasteiger partial charge in [0.2, 0.25) is 9.84 Å². The quantitative estimate of drug-likeness (QED) is 0.447. The molecule has 1 aliphatic rings. The van der Waals surface area contributed by atoms with E-state index in [1.165, 1.54) is 4.90 Å². The highest BCUT2D eigenvalue weighted by Crippen LogP contribution is 2.35. The molecule has 1 saturated heterocycles. The smallest absolute Gasteiger partial charge is 0.212 e. The largest absolute Gasteiger partial charge is 0.384 e. The highest BCUT2D eigenvalue weighted by molar-refractivity contribution is 7.92. The first-order valence-electron chi connectivity index (χ1n) is 11.2. The topological polar surface area (TPSA) is 105 Å². The lowest BCUT2D eigenvalue weighted by Crippen LogP contribution is -3.14. The molecule has 2 aromatic carbocycles. The summed E-state index contributed by atoms with van der Waals surface area (Å²) >= 11 is 0. The number of ether oxygens (including phenoxy) is 1. The number of hydrogen-bond donors (Lipinski definition) is 2. The van der Waals surface area contributed by atoms with Crippen molar-refractivity contribution in [2.45, 2.75) is 29.7 Å². The maximum atomic E-state index is 13.7. The number of rotatable bonds is 6. The van der Waals surface area contributed by atoms with Crippen LogP contribution in [0.1, 0.15) is 12.0 Å². The lowest BCUT2D eigenvalue weighted by Gasteiger charge is -2.23. The van der Waals surface area contributed by atoms with Crippen LogP contribution in [0.15, 0.2) is 58.3 Å². The minimum Gasteiger partial charge on any atom is -0.384 e. The van der Waals surface area contributed by atoms with E-state index in [-0.39, 0.29) is 15.6 Å². The van der Waals surface area contributed by atoms with E-state index in [4.69, 9.17) is 20.4 Å². The Morgan fingerprint density at radius 3 is 2.39 bits per heavy atom. The van der Waals surface area contributed by atoms with Gasteiger partial charge in [0.1, 0.15) is 29.3 Å². The van der Waals surface area contributed by atoms with Crippen LogP contribution < -0.4 is 10.6 Å². The summed E-state index contributed by atoms with van der Waals surface area (Å²) in [6.45, 7) is 6.98. The molecule has 0 atom stereocenters. The number of para-hydroxylation sites is 2. The molecule has 4 aromatic rings. The molecule has 0 saturated carbocycles. The van der Waals surface area contributed by atoms with Gasteiger partial charge in [0.25, 0.3) is 0 Å². The SMILES string of the molecule is Cc1ccc(S(=O)(=O)c2c(N)n(CCC[NH+]3CCOCC3)c3nc4ccccc4nc23)cc1. The van der Waals surface area contributed by atoms with Crippen LogP contribution in [0.2, 0.25) is 0 Å². The first kappa shape index (κ1) is 21.8. The molecule has 0 spiro atoms. The van der Waals surface area contributed by atoms with E-state index in [9.17, 15) is 8.42 Å². The van der Waals surface area contributed by atoms with E-state index in [1.807, 2.05) is 35.8 Å². The van der Waals surface area contributed by atoms with Gasteiger partial charge < -0.3 is 19.9 Å². The number of sulfone groups is 1. The normalized spacial score (nSPS) is 15.4. The van der Waals surface area contributed by atoms with Gasteiger partial charge in [-0.25, -0.2) is 18.4 Å². The number of nitrogens with zero attached hydrogens (tertiary/aromatic N) is 3. The van der Waals surface area contributed by atoms with Crippen LogP contribution in [-0.4, -0.2) is 55.8 Å². The van der Waals surface area contributed by atoms with Crippen molar-refractivity contribution in [1.29, 1.82) is 0 Å². The zero-order chi connectivity index (χ0) is 23.0. The Kier molecular flexibility index (Phi) is 5.77. The molecule has 0 amide bonds. The number of morpholine rings is 1. The van der Waals surface area contributed by atoms with Gasteiger partial charge in [0.15, 0.2) is 5.65 Å². The molecule has 8 nitrogen and oxygen atoms in total. The summed E-state index contributed by atoms with van der Waals surface area (Å²) in [6, 6.07) is 14.3. The fraction of sp³-hybridized carbons (Fsp3) is 0.333. The Hall–Kier alpha value is -3.01. The zero-order valence-electron chi connectivity index (χ0n) is 18.6. The maximum Gasteiger partial charge on any atom is 0.212 e. The number of nitrogen functional groups attached to an aromatic ring is 1. The number of aryl methyl sites for hydroxylation is 2. The molecule has 5 rings (SSSR count). The van der Waals surface area contributed by atoms with Crippen molar-refractivity contribution in [2.75, 3.05) is 38.6 Å². The van der Waals surface area contributed by atoms with Crippen molar-refractivity contribution in [3.8, 4) is 0 Å². The van der Waals surface area contributed by atoms with E-state index >= 15 is 0 Å². The Bertz CT molecular complexity index is 1410. The number of quaternary nitrogens is 1. The molecule has 0 aliphatic carbocycles. The summed E-state index contributed by atoms with van der Waals surface area (Å²) in [6.07, 6.45) is 0.849. The monoisotopic (exact) mass is 466 g/mol. The van der Waals surface area contributed by atoms with Crippen molar-refractivity contribution in [3.05, 3.63) is 54.1 Å². The van der Waals surface area contributed by atoms with Crippen LogP contribution in [0.5, 0.6) is 0 Å². The summed E-state index contributed by atoms with van der Waals surface area (Å²) in [5.41, 5.74) is 9.70. The number of nitrogens with one attached hydrogen (secondary N) is 1. The van der Waals surface area contributed by atoms with Gasteiger partial charge in [-0.1, -0.05) is 29.8 Å². The summed E-state index contributed by atoms with van der Waals surface area (Å²) < 4.78 is 34.6. The first-order valence-corrected chi connectivity index (χ1v) is 12.7. The molecule has 0 unspecified atom stereocenters. The standard InChI is InChI=1S/C24H27N5O3S/c1-17-7-9-18(10-8-17)33(30,31)22-21-24(27-20-6-3-2-5-19(20)26-21)29(23(22)25)12-4-11-28-13-15-32-16-14-28/h2-3,5-10H,4,11-16,25H2,1H3/p+1. The molecule has 0 bridgehead atoms. The highest BCUT2D eigenvalue weighted by Gasteiger charge is 2.30. The van der Waals surface area contributed by atoms with Gasteiger partial charge in [-0.05, 0) is 31.2 Å². The third-order valence-corrected chi connectivity index (χ3v) is 8.09. The Labute approximate surface area is 192 Å². The molecule has 1 aliphatic heterocycles. The number of benzene rings is 2. The Morgan fingerprint density at radius 1 is 1.03 bits per heavy atom. The van der Waals surface area contributed by atoms with E-state index in [0.29, 0.717) is 28.7 Å². The van der Waals surface area contributed by atoms with E-state index in [0.717, 1.165) is 44.8 Å². The molecule has 172 valence electrons. The second-order valence-electron chi connectivity index (χ2n) is 8.53. The number of hydrogen-bond acceptors (Lipinski definition) is 6. The molecule has 3 N–H and O–H groups in total. The Balaban J connectivity index is 1.61.